The van der Waals surface area contributed by atoms with E-state index in [1.54, 1.807) is 58.2 Å². The van der Waals surface area contributed by atoms with Crippen molar-refractivity contribution < 1.29 is 27.3 Å². The minimum Gasteiger partial charge on any atom is -0.427 e. The molecule has 0 saturated heterocycles. The summed E-state index contributed by atoms with van der Waals surface area (Å²) in [6.07, 6.45) is 6.54. The molecule has 4 rings (SSSR count). The zero-order valence-corrected chi connectivity index (χ0v) is 22.9. The van der Waals surface area contributed by atoms with Crippen LogP contribution >= 0.6 is 15.9 Å². The number of aromatic nitrogens is 2. The molecule has 2 aromatic carbocycles. The van der Waals surface area contributed by atoms with Gasteiger partial charge in [-0.05, 0) is 97.7 Å². The maximum absolute atomic E-state index is 13.3. The summed E-state index contributed by atoms with van der Waals surface area (Å²) in [4.78, 5) is 7.74. The van der Waals surface area contributed by atoms with Gasteiger partial charge >= 0.3 is 7.48 Å². The number of aliphatic hydroxyl groups is 1. The second kappa shape index (κ2) is 14.2. The number of rotatable bonds is 5. The van der Waals surface area contributed by atoms with Gasteiger partial charge in [-0.3, -0.25) is 9.97 Å². The fraction of sp³-hybridized carbons (Fsp3) is 0.214. The molecule has 0 spiro atoms. The summed E-state index contributed by atoms with van der Waals surface area (Å²) in [5.74, 6) is -2.26. The Kier molecular flexibility index (Phi) is 11.6. The smallest absolute Gasteiger partial charge is 0.331 e. The number of nitrogens with zero attached hydrogens (tertiary/aromatic N) is 2. The van der Waals surface area contributed by atoms with Crippen molar-refractivity contribution in [2.45, 2.75) is 38.9 Å². The van der Waals surface area contributed by atoms with Gasteiger partial charge in [0.2, 0.25) is 0 Å². The van der Waals surface area contributed by atoms with Gasteiger partial charge in [0.25, 0.3) is 0 Å². The van der Waals surface area contributed by atoms with Crippen molar-refractivity contribution in [2.24, 2.45) is 0 Å². The van der Waals surface area contributed by atoms with Crippen molar-refractivity contribution in [3.8, 4) is 11.1 Å². The highest BCUT2D eigenvalue weighted by Gasteiger charge is 2.35. The minimum atomic E-state index is -0.892. The molecule has 2 aromatic heterocycles. The molecule has 0 fully saturated rings. The van der Waals surface area contributed by atoms with Crippen molar-refractivity contribution in [3.63, 3.8) is 0 Å². The third kappa shape index (κ3) is 10.0. The molecule has 0 saturated carbocycles. The van der Waals surface area contributed by atoms with Crippen LogP contribution in [-0.4, -0.2) is 33.8 Å². The van der Waals surface area contributed by atoms with Crippen LogP contribution < -0.4 is 5.46 Å². The van der Waals surface area contributed by atoms with Gasteiger partial charge in [-0.15, -0.1) is 0 Å². The van der Waals surface area contributed by atoms with Crippen LogP contribution in [0, 0.1) is 23.3 Å². The van der Waals surface area contributed by atoms with E-state index in [9.17, 15) is 22.7 Å². The maximum atomic E-state index is 13.3. The van der Waals surface area contributed by atoms with Crippen molar-refractivity contribution in [1.82, 2.24) is 9.97 Å². The number of pyridine rings is 2. The second-order valence-corrected chi connectivity index (χ2v) is 9.86. The number of hydrogen-bond donors (Lipinski definition) is 1. The molecule has 0 aliphatic rings. The highest BCUT2D eigenvalue weighted by Crippen LogP contribution is 2.24. The van der Waals surface area contributed by atoms with E-state index in [2.05, 4.69) is 25.9 Å². The van der Waals surface area contributed by atoms with Crippen molar-refractivity contribution in [3.05, 3.63) is 113 Å². The Balaban J connectivity index is 0.000000206. The van der Waals surface area contributed by atoms with Crippen LogP contribution in [0.1, 0.15) is 27.7 Å². The Morgan fingerprint density at radius 3 is 1.71 bits per heavy atom. The monoisotopic (exact) mass is 589 g/mol. The zero-order chi connectivity index (χ0) is 28.3. The Morgan fingerprint density at radius 2 is 1.24 bits per heavy atom. The Bertz CT molecular complexity index is 1290. The molecule has 0 bridgehead atoms. The van der Waals surface area contributed by atoms with E-state index < -0.39 is 34.5 Å². The summed E-state index contributed by atoms with van der Waals surface area (Å²) in [6.45, 7) is 7.16. The SMILES string of the molecule is CC(C)(O)C(C)(C)O[B]c1ccncc1.Fc1ccc(-c2ccncc2)c(F)c1.Fc1ccc(Br)c(F)c1. The average Bonchev–Trinajstić information content (AvgIpc) is 2.87. The van der Waals surface area contributed by atoms with Gasteiger partial charge < -0.3 is 9.76 Å². The Morgan fingerprint density at radius 1 is 0.737 bits per heavy atom. The standard InChI is InChI=1S/C11H17BNO2.C11H7F2N.C6H3BrF2/c1-10(2,14)11(3,4)15-12-9-5-7-13-8-6-9;12-9-1-2-10(11(13)7-9)8-3-5-14-6-4-8;7-5-2-1-4(8)3-6(5)9/h5-8,14H,1-4H3;1-7H;1-3H. The first kappa shape index (κ1) is 31.1. The summed E-state index contributed by atoms with van der Waals surface area (Å²) in [7, 11) is 1.64. The zero-order valence-electron chi connectivity index (χ0n) is 21.3. The van der Waals surface area contributed by atoms with E-state index in [-0.39, 0.29) is 4.47 Å². The molecule has 0 amide bonds. The van der Waals surface area contributed by atoms with Crippen LogP contribution in [0.15, 0.2) is 89.9 Å². The van der Waals surface area contributed by atoms with Crippen molar-refractivity contribution in [2.75, 3.05) is 0 Å². The summed E-state index contributed by atoms with van der Waals surface area (Å²) < 4.78 is 56.1. The molecule has 1 N–H and O–H groups in total. The molecule has 199 valence electrons. The lowest BCUT2D eigenvalue weighted by atomic mass is 9.83. The van der Waals surface area contributed by atoms with Gasteiger partial charge in [0.15, 0.2) is 0 Å². The molecule has 1 radical (unpaired) electrons. The third-order valence-electron chi connectivity index (χ3n) is 5.47. The molecule has 4 nitrogen and oxygen atoms in total. The predicted octanol–water partition coefficient (Wildman–Crippen LogP) is 6.65. The highest BCUT2D eigenvalue weighted by molar-refractivity contribution is 9.10. The maximum Gasteiger partial charge on any atom is 0.331 e. The lowest BCUT2D eigenvalue weighted by Crippen LogP contribution is -2.49. The second-order valence-electron chi connectivity index (χ2n) is 9.00. The molecule has 0 aliphatic heterocycles. The molecule has 38 heavy (non-hydrogen) atoms. The van der Waals surface area contributed by atoms with Crippen LogP contribution in [-0.2, 0) is 4.65 Å². The van der Waals surface area contributed by atoms with E-state index in [1.807, 2.05) is 26.0 Å². The van der Waals surface area contributed by atoms with E-state index >= 15 is 0 Å². The Hall–Kier alpha value is -3.08. The van der Waals surface area contributed by atoms with E-state index in [0.29, 0.717) is 11.1 Å². The van der Waals surface area contributed by atoms with Crippen molar-refractivity contribution >= 4 is 28.9 Å². The lowest BCUT2D eigenvalue weighted by molar-refractivity contribution is -0.0893. The molecule has 4 aromatic rings. The quantitative estimate of drug-likeness (QED) is 0.161. The van der Waals surface area contributed by atoms with Crippen LogP contribution in [0.25, 0.3) is 11.1 Å². The average molecular weight is 590 g/mol. The van der Waals surface area contributed by atoms with Gasteiger partial charge in [-0.25, -0.2) is 17.6 Å². The fourth-order valence-corrected chi connectivity index (χ4v) is 2.77. The van der Waals surface area contributed by atoms with Gasteiger partial charge in [-0.1, -0.05) is 5.46 Å². The molecule has 0 unspecified atom stereocenters. The number of benzene rings is 2. The summed E-state index contributed by atoms with van der Waals surface area (Å²) in [6, 6.07) is 13.9. The van der Waals surface area contributed by atoms with Crippen LogP contribution in [0.4, 0.5) is 17.6 Å². The van der Waals surface area contributed by atoms with Crippen molar-refractivity contribution in [1.29, 1.82) is 0 Å². The lowest BCUT2D eigenvalue weighted by Gasteiger charge is -2.37. The normalized spacial score (nSPS) is 11.0. The molecule has 2 heterocycles. The largest absolute Gasteiger partial charge is 0.427 e. The van der Waals surface area contributed by atoms with Crippen LogP contribution in [0.2, 0.25) is 0 Å². The van der Waals surface area contributed by atoms with E-state index in [4.69, 9.17) is 4.65 Å². The molecule has 0 aliphatic carbocycles. The van der Waals surface area contributed by atoms with Gasteiger partial charge in [0.1, 0.15) is 23.3 Å². The van der Waals surface area contributed by atoms with Gasteiger partial charge in [-0.2, -0.15) is 0 Å². The van der Waals surface area contributed by atoms with Gasteiger partial charge in [0.05, 0.1) is 15.7 Å². The molecule has 0 atom stereocenters. The predicted molar refractivity (Wildman–Crippen MR) is 145 cm³/mol. The highest BCUT2D eigenvalue weighted by atomic mass is 79.9. The Labute approximate surface area is 229 Å². The van der Waals surface area contributed by atoms with Crippen LogP contribution in [0.3, 0.4) is 0 Å². The molecule has 10 heteroatoms. The topological polar surface area (TPSA) is 55.2 Å². The number of halogens is 5. The van der Waals surface area contributed by atoms with E-state index in [1.165, 1.54) is 24.3 Å². The fourth-order valence-electron chi connectivity index (χ4n) is 2.53. The summed E-state index contributed by atoms with van der Waals surface area (Å²) in [5.41, 5.74) is 0.487. The van der Waals surface area contributed by atoms with Crippen LogP contribution in [0.5, 0.6) is 0 Å². The van der Waals surface area contributed by atoms with E-state index in [0.717, 1.165) is 17.6 Å². The minimum absolute atomic E-state index is 0.281. The number of hydrogen-bond acceptors (Lipinski definition) is 4. The van der Waals surface area contributed by atoms with Gasteiger partial charge in [0, 0.05) is 42.5 Å². The summed E-state index contributed by atoms with van der Waals surface area (Å²) >= 11 is 2.89. The summed E-state index contributed by atoms with van der Waals surface area (Å²) in [5, 5.41) is 9.87. The first-order valence-corrected chi connectivity index (χ1v) is 12.2. The molecular weight excluding hydrogens is 563 g/mol. The first-order valence-electron chi connectivity index (χ1n) is 11.4. The molecular formula is C28H27BBrF4N2O2. The third-order valence-corrected chi connectivity index (χ3v) is 6.12. The first-order chi connectivity index (χ1) is 17.8.